The summed E-state index contributed by atoms with van der Waals surface area (Å²) in [6.45, 7) is -0.640. The van der Waals surface area contributed by atoms with Gasteiger partial charge >= 0.3 is 0 Å². The Labute approximate surface area is 187 Å². The zero-order valence-electron chi connectivity index (χ0n) is 17.8. The van der Waals surface area contributed by atoms with Crippen LogP contribution in [-0.4, -0.2) is 82.7 Å². The van der Waals surface area contributed by atoms with Gasteiger partial charge in [-0.1, -0.05) is 6.07 Å². The quantitative estimate of drug-likeness (QED) is 0.554. The summed E-state index contributed by atoms with van der Waals surface area (Å²) in [4.78, 5) is 18.9. The molecule has 2 aliphatic rings. The zero-order chi connectivity index (χ0) is 23.0. The molecule has 9 nitrogen and oxygen atoms in total. The van der Waals surface area contributed by atoms with E-state index in [2.05, 4.69) is 15.2 Å². The molecule has 0 saturated carbocycles. The van der Waals surface area contributed by atoms with E-state index < -0.39 is 31.6 Å². The van der Waals surface area contributed by atoms with Crippen LogP contribution < -0.4 is 4.90 Å². The second-order valence-corrected chi connectivity index (χ2v) is 8.34. The van der Waals surface area contributed by atoms with Gasteiger partial charge in [0.15, 0.2) is 0 Å². The number of benzene rings is 1. The van der Waals surface area contributed by atoms with Gasteiger partial charge in [0.1, 0.15) is 0 Å². The highest BCUT2D eigenvalue weighted by atomic mass is 19.3. The lowest BCUT2D eigenvalue weighted by Crippen LogP contribution is -2.42. The average molecular weight is 464 g/mol. The van der Waals surface area contributed by atoms with Gasteiger partial charge < -0.3 is 19.1 Å². The Kier molecular flexibility index (Phi) is 5.69. The third-order valence-electron chi connectivity index (χ3n) is 5.87. The van der Waals surface area contributed by atoms with Gasteiger partial charge in [-0.3, -0.25) is 13.9 Å². The van der Waals surface area contributed by atoms with Gasteiger partial charge in [0.05, 0.1) is 50.7 Å². The van der Waals surface area contributed by atoms with Gasteiger partial charge in [-0.05, 0) is 23.7 Å². The van der Waals surface area contributed by atoms with E-state index in [1.807, 2.05) is 22.9 Å². The van der Waals surface area contributed by atoms with E-state index in [0.29, 0.717) is 18.8 Å². The Morgan fingerprint density at radius 1 is 1.21 bits per heavy atom. The smallest absolute Gasteiger partial charge is 0.282 e. The number of amides is 1. The molecule has 33 heavy (non-hydrogen) atoms. The number of carbonyl (C=O) groups excluding carboxylic acids is 1. The molecule has 1 aromatic carbocycles. The third-order valence-corrected chi connectivity index (χ3v) is 5.87. The standard InChI is InChI=1S/C21H23F3N6O3/c22-5-1-2-18(31)28-6-7-29(13-21(23,24)12-28)20-26-19(33-27-20)14-3-4-15-9-25-30(17(15)8-14)16-10-32-11-16/h3-4,8-9,16H,1-2,5-7,10-13H2. The second-order valence-electron chi connectivity index (χ2n) is 8.34. The van der Waals surface area contributed by atoms with E-state index in [0.717, 1.165) is 15.8 Å². The Morgan fingerprint density at radius 2 is 2.06 bits per heavy atom. The number of ether oxygens (including phenoxy) is 1. The normalized spacial score (nSPS) is 19.0. The first-order chi connectivity index (χ1) is 15.9. The number of nitrogens with zero attached hydrogens (tertiary/aromatic N) is 6. The maximum absolute atomic E-state index is 14.5. The molecule has 12 heteroatoms. The minimum absolute atomic E-state index is 0.0236. The van der Waals surface area contributed by atoms with Gasteiger partial charge in [0, 0.05) is 30.5 Å². The molecule has 2 aliphatic heterocycles. The fourth-order valence-corrected chi connectivity index (χ4v) is 4.06. The number of carbonyl (C=O) groups is 1. The van der Waals surface area contributed by atoms with Crippen LogP contribution >= 0.6 is 0 Å². The number of alkyl halides is 3. The number of hydrogen-bond donors (Lipinski definition) is 0. The predicted molar refractivity (Wildman–Crippen MR) is 112 cm³/mol. The highest BCUT2D eigenvalue weighted by Gasteiger charge is 2.39. The molecular formula is C21H23F3N6O3. The molecule has 0 unspecified atom stereocenters. The van der Waals surface area contributed by atoms with Crippen LogP contribution in [0, 0.1) is 0 Å². The summed E-state index contributed by atoms with van der Waals surface area (Å²) in [5.74, 6) is -3.42. The minimum atomic E-state index is -3.17. The van der Waals surface area contributed by atoms with Crippen LogP contribution in [0.4, 0.5) is 19.1 Å². The summed E-state index contributed by atoms with van der Waals surface area (Å²) in [5.41, 5.74) is 1.54. The predicted octanol–water partition coefficient (Wildman–Crippen LogP) is 2.69. The first-order valence-electron chi connectivity index (χ1n) is 10.8. The van der Waals surface area contributed by atoms with Gasteiger partial charge in [0.25, 0.3) is 17.8 Å². The molecule has 2 fully saturated rings. The lowest BCUT2D eigenvalue weighted by molar-refractivity contribution is -0.135. The maximum atomic E-state index is 14.5. The highest BCUT2D eigenvalue weighted by molar-refractivity contribution is 5.83. The fourth-order valence-electron chi connectivity index (χ4n) is 4.06. The summed E-state index contributed by atoms with van der Waals surface area (Å²) in [5, 5.41) is 9.28. The van der Waals surface area contributed by atoms with Crippen LogP contribution in [0.25, 0.3) is 22.4 Å². The van der Waals surface area contributed by atoms with Crippen LogP contribution in [0.5, 0.6) is 0 Å². The molecule has 0 spiro atoms. The van der Waals surface area contributed by atoms with E-state index in [1.165, 1.54) is 4.90 Å². The molecule has 2 saturated heterocycles. The average Bonchev–Trinajstić information content (AvgIpc) is 3.36. The van der Waals surface area contributed by atoms with Crippen molar-refractivity contribution in [2.45, 2.75) is 24.8 Å². The molecule has 3 aromatic rings. The van der Waals surface area contributed by atoms with Gasteiger partial charge in [-0.15, -0.1) is 0 Å². The summed E-state index contributed by atoms with van der Waals surface area (Å²) in [6.07, 6.45) is 1.71. The largest absolute Gasteiger partial charge is 0.377 e. The lowest BCUT2D eigenvalue weighted by atomic mass is 10.1. The van der Waals surface area contributed by atoms with Crippen LogP contribution in [0.15, 0.2) is 28.9 Å². The lowest BCUT2D eigenvalue weighted by Gasteiger charge is -2.26. The van der Waals surface area contributed by atoms with Gasteiger partial charge in [-0.2, -0.15) is 10.1 Å². The zero-order valence-corrected chi connectivity index (χ0v) is 17.8. The number of anilines is 1. The molecule has 0 radical (unpaired) electrons. The van der Waals surface area contributed by atoms with Crippen molar-refractivity contribution in [3.05, 3.63) is 24.4 Å². The summed E-state index contributed by atoms with van der Waals surface area (Å²) in [6, 6.07) is 5.75. The fraction of sp³-hybridized carbons (Fsp3) is 0.524. The van der Waals surface area contributed by atoms with Crippen molar-refractivity contribution in [2.24, 2.45) is 0 Å². The van der Waals surface area contributed by atoms with Crippen LogP contribution in [0.2, 0.25) is 0 Å². The van der Waals surface area contributed by atoms with Crippen molar-refractivity contribution in [3.63, 3.8) is 0 Å². The molecule has 5 rings (SSSR count). The minimum Gasteiger partial charge on any atom is -0.377 e. The van der Waals surface area contributed by atoms with Crippen molar-refractivity contribution in [1.29, 1.82) is 0 Å². The Bertz CT molecular complexity index is 1150. The van der Waals surface area contributed by atoms with Crippen molar-refractivity contribution >= 4 is 22.8 Å². The summed E-state index contributed by atoms with van der Waals surface area (Å²) < 4.78 is 54.0. The monoisotopic (exact) mass is 464 g/mol. The molecule has 0 aliphatic carbocycles. The van der Waals surface area contributed by atoms with Crippen molar-refractivity contribution < 1.29 is 27.2 Å². The first-order valence-corrected chi connectivity index (χ1v) is 10.8. The van der Waals surface area contributed by atoms with Crippen molar-refractivity contribution in [1.82, 2.24) is 24.8 Å². The molecule has 1 amide bonds. The van der Waals surface area contributed by atoms with E-state index in [-0.39, 0.29) is 43.8 Å². The summed E-state index contributed by atoms with van der Waals surface area (Å²) >= 11 is 0. The maximum Gasteiger partial charge on any atom is 0.282 e. The number of aromatic nitrogens is 4. The van der Waals surface area contributed by atoms with Gasteiger partial charge in [0.2, 0.25) is 5.91 Å². The molecule has 2 aromatic heterocycles. The Hall–Kier alpha value is -3.15. The molecule has 0 N–H and O–H groups in total. The highest BCUT2D eigenvalue weighted by Crippen LogP contribution is 2.29. The first kappa shape index (κ1) is 21.7. The SMILES string of the molecule is O=C(CCCF)N1CCN(c2noc(-c3ccc4cnn(C5COC5)c4c3)n2)CC(F)(F)C1. The van der Waals surface area contributed by atoms with Crippen LogP contribution in [0.1, 0.15) is 18.9 Å². The van der Waals surface area contributed by atoms with E-state index in [9.17, 15) is 18.0 Å². The van der Waals surface area contributed by atoms with Crippen LogP contribution in [0.3, 0.4) is 0 Å². The molecular weight excluding hydrogens is 441 g/mol. The molecule has 0 bridgehead atoms. The van der Waals surface area contributed by atoms with Gasteiger partial charge in [-0.25, -0.2) is 8.78 Å². The number of rotatable bonds is 6. The van der Waals surface area contributed by atoms with Crippen molar-refractivity contribution in [3.8, 4) is 11.5 Å². The third kappa shape index (κ3) is 4.39. The van der Waals surface area contributed by atoms with E-state index >= 15 is 0 Å². The summed E-state index contributed by atoms with van der Waals surface area (Å²) in [7, 11) is 0. The van der Waals surface area contributed by atoms with Crippen molar-refractivity contribution in [2.75, 3.05) is 51.0 Å². The van der Waals surface area contributed by atoms with E-state index in [1.54, 1.807) is 6.20 Å². The number of halogens is 3. The number of fused-ring (bicyclic) bond motifs is 1. The Morgan fingerprint density at radius 3 is 2.82 bits per heavy atom. The Balaban J connectivity index is 1.35. The van der Waals surface area contributed by atoms with Crippen LogP contribution in [-0.2, 0) is 9.53 Å². The number of hydrogen-bond acceptors (Lipinski definition) is 7. The molecule has 0 atom stereocenters. The topological polar surface area (TPSA) is 89.5 Å². The second kappa shape index (κ2) is 8.65. The molecule has 4 heterocycles. The molecule has 176 valence electrons. The van der Waals surface area contributed by atoms with E-state index in [4.69, 9.17) is 9.26 Å².